The van der Waals surface area contributed by atoms with E-state index in [1.54, 1.807) is 0 Å². The fourth-order valence-electron chi connectivity index (χ4n) is 5.65. The first-order chi connectivity index (χ1) is 24.8. The number of nitrogens with zero attached hydrogens (tertiary/aromatic N) is 1. The van der Waals surface area contributed by atoms with Gasteiger partial charge in [-0.25, -0.2) is 17.6 Å². The van der Waals surface area contributed by atoms with E-state index in [4.69, 9.17) is 14.2 Å². The van der Waals surface area contributed by atoms with Gasteiger partial charge in [-0.3, -0.25) is 14.4 Å². The summed E-state index contributed by atoms with van der Waals surface area (Å²) >= 11 is 0. The first-order valence-corrected chi connectivity index (χ1v) is 20.1. The van der Waals surface area contributed by atoms with Gasteiger partial charge in [0.05, 0.1) is 0 Å². The summed E-state index contributed by atoms with van der Waals surface area (Å²) in [5.41, 5.74) is 0. The smallest absolute Gasteiger partial charge is 0.306 e. The van der Waals surface area contributed by atoms with Crippen LogP contribution >= 0.6 is 0 Å². The molecule has 0 fully saturated rings. The summed E-state index contributed by atoms with van der Waals surface area (Å²) in [4.78, 5) is 38.4. The van der Waals surface area contributed by atoms with Gasteiger partial charge >= 0.3 is 17.9 Å². The number of esters is 3. The Bertz CT molecular complexity index is 911. The summed E-state index contributed by atoms with van der Waals surface area (Å²) in [5.74, 6) is -6.68. The Hall–Kier alpha value is -2.43. The van der Waals surface area contributed by atoms with E-state index in [0.29, 0.717) is 32.1 Å². The van der Waals surface area contributed by atoms with Crippen LogP contribution in [0.1, 0.15) is 168 Å². The molecule has 0 aliphatic carbocycles. The van der Waals surface area contributed by atoms with E-state index in [1.165, 1.54) is 12.2 Å². The highest BCUT2D eigenvalue weighted by Crippen LogP contribution is 2.24. The number of allylic oxidation sites excluding steroid dienone is 2. The predicted octanol–water partition coefficient (Wildman–Crippen LogP) is 11.3. The number of carbonyl (C=O) groups excluding carboxylic acids is 3. The molecule has 0 atom stereocenters. The molecule has 0 aromatic heterocycles. The normalized spacial score (nSPS) is 12.9. The topological polar surface area (TPSA) is 82.1 Å². The van der Waals surface area contributed by atoms with Crippen molar-refractivity contribution < 1.29 is 46.2 Å². The average molecular weight is 750 g/mol. The third-order valence-corrected chi connectivity index (χ3v) is 8.73. The lowest BCUT2D eigenvalue weighted by Crippen LogP contribution is -2.20. The second kappa shape index (κ2) is 32.0. The van der Waals surface area contributed by atoms with E-state index >= 15 is 0 Å². The molecule has 0 N–H and O–H groups in total. The zero-order valence-electron chi connectivity index (χ0n) is 32.9. The van der Waals surface area contributed by atoms with Crippen molar-refractivity contribution in [1.29, 1.82) is 0 Å². The van der Waals surface area contributed by atoms with Gasteiger partial charge in [0.25, 0.3) is 11.8 Å². The summed E-state index contributed by atoms with van der Waals surface area (Å²) in [7, 11) is 3.94. The van der Waals surface area contributed by atoms with Crippen molar-refractivity contribution in [2.24, 2.45) is 0 Å². The van der Waals surface area contributed by atoms with Crippen LogP contribution in [-0.4, -0.2) is 74.6 Å². The Labute approximate surface area is 312 Å². The van der Waals surface area contributed by atoms with Crippen molar-refractivity contribution in [3.63, 3.8) is 0 Å². The van der Waals surface area contributed by atoms with E-state index in [0.717, 1.165) is 115 Å². The third kappa shape index (κ3) is 33.4. The summed E-state index contributed by atoms with van der Waals surface area (Å²) in [6, 6.07) is 0. The number of ether oxygens (including phenoxy) is 3. The van der Waals surface area contributed by atoms with Crippen LogP contribution in [-0.2, 0) is 28.6 Å². The molecule has 0 unspecified atom stereocenters. The first-order valence-electron chi connectivity index (χ1n) is 20.1. The standard InChI is InChI=1S/C41H71F4NO6/c1-5-7-19-29-40(42,43)31-22-34-50-37(47)26-17-13-9-11-15-24-36(52-39(49)28-21-33-46(3)4)25-16-12-10-14-18-27-38(48)51-35-23-32-41(44,45)30-20-8-6-2/h22-23,31-32,36H,5-21,24-30,33-35H2,1-4H3. The van der Waals surface area contributed by atoms with Gasteiger partial charge in [-0.2, -0.15) is 0 Å². The maximum Gasteiger partial charge on any atom is 0.306 e. The number of halogens is 4. The van der Waals surface area contributed by atoms with Crippen LogP contribution in [0.3, 0.4) is 0 Å². The van der Waals surface area contributed by atoms with Crippen LogP contribution in [0.15, 0.2) is 24.3 Å². The van der Waals surface area contributed by atoms with Crippen molar-refractivity contribution in [1.82, 2.24) is 4.90 Å². The Kier molecular flexibility index (Phi) is 30.5. The lowest BCUT2D eigenvalue weighted by molar-refractivity contribution is -0.150. The molecule has 0 saturated heterocycles. The van der Waals surface area contributed by atoms with Crippen LogP contribution < -0.4 is 0 Å². The minimum absolute atomic E-state index is 0.142. The quantitative estimate of drug-likeness (QED) is 0.0210. The number of rotatable bonds is 35. The monoisotopic (exact) mass is 750 g/mol. The summed E-state index contributed by atoms with van der Waals surface area (Å²) in [5, 5.41) is 0. The number of hydrogen-bond acceptors (Lipinski definition) is 7. The van der Waals surface area contributed by atoms with Gasteiger partial charge in [0.15, 0.2) is 0 Å². The van der Waals surface area contributed by atoms with Crippen molar-refractivity contribution in [3.8, 4) is 0 Å². The van der Waals surface area contributed by atoms with Gasteiger partial charge in [0.2, 0.25) is 0 Å². The van der Waals surface area contributed by atoms with Crippen molar-refractivity contribution in [2.45, 2.75) is 186 Å². The van der Waals surface area contributed by atoms with Crippen LogP contribution in [0.4, 0.5) is 17.6 Å². The highest BCUT2D eigenvalue weighted by Gasteiger charge is 2.24. The average Bonchev–Trinajstić information content (AvgIpc) is 3.07. The molecule has 0 bridgehead atoms. The first kappa shape index (κ1) is 49.6. The summed E-state index contributed by atoms with van der Waals surface area (Å²) in [6.45, 7) is 4.47. The highest BCUT2D eigenvalue weighted by atomic mass is 19.3. The fraction of sp³-hybridized carbons (Fsp3) is 0.829. The number of unbranched alkanes of at least 4 members (excludes halogenated alkanes) is 12. The molecule has 0 radical (unpaired) electrons. The van der Waals surface area contributed by atoms with Crippen molar-refractivity contribution >= 4 is 17.9 Å². The molecule has 0 aromatic rings. The lowest BCUT2D eigenvalue weighted by Gasteiger charge is -2.18. The molecule has 0 aromatic carbocycles. The summed E-state index contributed by atoms with van der Waals surface area (Å²) in [6.07, 6.45) is 19.7. The van der Waals surface area contributed by atoms with Gasteiger partial charge in [0.1, 0.15) is 19.3 Å². The van der Waals surface area contributed by atoms with Crippen molar-refractivity contribution in [2.75, 3.05) is 33.9 Å². The molecule has 0 spiro atoms. The Morgan fingerprint density at radius 3 is 1.38 bits per heavy atom. The highest BCUT2D eigenvalue weighted by molar-refractivity contribution is 5.70. The van der Waals surface area contributed by atoms with Gasteiger partial charge in [-0.1, -0.05) is 78.1 Å². The number of carbonyl (C=O) groups is 3. The van der Waals surface area contributed by atoms with Gasteiger partial charge in [-0.05, 0) is 103 Å². The SMILES string of the molecule is CCCCCC(F)(F)C=CCOC(=O)CCCCCCCC(CCCCCCCC(=O)OCC=CC(F)(F)CCCCC)OC(=O)CCCN(C)C. The van der Waals surface area contributed by atoms with Crippen LogP contribution in [0.5, 0.6) is 0 Å². The van der Waals surface area contributed by atoms with Gasteiger partial charge in [0, 0.05) is 32.1 Å². The molecule has 0 heterocycles. The van der Waals surface area contributed by atoms with E-state index in [9.17, 15) is 31.9 Å². The fourth-order valence-corrected chi connectivity index (χ4v) is 5.65. The second-order valence-electron chi connectivity index (χ2n) is 14.2. The van der Waals surface area contributed by atoms with Gasteiger partial charge in [-0.15, -0.1) is 0 Å². The molecule has 304 valence electrons. The van der Waals surface area contributed by atoms with Crippen molar-refractivity contribution in [3.05, 3.63) is 24.3 Å². The second-order valence-corrected chi connectivity index (χ2v) is 14.2. The Morgan fingerprint density at radius 1 is 0.558 bits per heavy atom. The molecular weight excluding hydrogens is 678 g/mol. The molecule has 11 heteroatoms. The molecule has 52 heavy (non-hydrogen) atoms. The zero-order chi connectivity index (χ0) is 38.9. The largest absolute Gasteiger partial charge is 0.462 e. The lowest BCUT2D eigenvalue weighted by atomic mass is 10.0. The van der Waals surface area contributed by atoms with Crippen LogP contribution in [0.2, 0.25) is 0 Å². The van der Waals surface area contributed by atoms with E-state index in [-0.39, 0.29) is 62.9 Å². The molecular formula is C41H71F4NO6. The molecule has 0 aliphatic heterocycles. The molecule has 0 aliphatic rings. The van der Waals surface area contributed by atoms with Crippen LogP contribution in [0.25, 0.3) is 0 Å². The summed E-state index contributed by atoms with van der Waals surface area (Å²) < 4.78 is 71.0. The number of alkyl halides is 4. The Morgan fingerprint density at radius 2 is 0.962 bits per heavy atom. The van der Waals surface area contributed by atoms with E-state index in [1.807, 2.05) is 32.8 Å². The molecule has 0 rings (SSSR count). The number of hydrogen-bond donors (Lipinski definition) is 0. The maximum absolute atomic E-state index is 13.8. The predicted molar refractivity (Wildman–Crippen MR) is 201 cm³/mol. The minimum Gasteiger partial charge on any atom is -0.462 e. The molecule has 7 nitrogen and oxygen atoms in total. The van der Waals surface area contributed by atoms with E-state index in [2.05, 4.69) is 0 Å². The minimum atomic E-state index is -2.87. The third-order valence-electron chi connectivity index (χ3n) is 8.73. The van der Waals surface area contributed by atoms with Gasteiger partial charge < -0.3 is 19.1 Å². The van der Waals surface area contributed by atoms with E-state index < -0.39 is 11.8 Å². The zero-order valence-corrected chi connectivity index (χ0v) is 32.9. The maximum atomic E-state index is 13.8. The molecule has 0 amide bonds. The molecule has 0 saturated carbocycles. The Balaban J connectivity index is 4.29. The van der Waals surface area contributed by atoms with Crippen LogP contribution in [0, 0.1) is 0 Å².